The molecule has 0 amide bonds. The number of hydrogen-bond donors (Lipinski definition) is 1. The van der Waals surface area contributed by atoms with E-state index in [0.717, 1.165) is 30.8 Å². The van der Waals surface area contributed by atoms with Gasteiger partial charge in [0.25, 0.3) is 0 Å². The zero-order chi connectivity index (χ0) is 15.2. The lowest BCUT2D eigenvalue weighted by atomic mass is 9.86. The van der Waals surface area contributed by atoms with Crippen LogP contribution in [-0.4, -0.2) is 18.0 Å². The minimum Gasteiger partial charge on any atom is -0.493 e. The summed E-state index contributed by atoms with van der Waals surface area (Å²) in [5.41, 5.74) is 3.43. The number of aliphatic hydroxyl groups excluding tert-OH is 1. The SMILES string of the molecule is CC/C(=C/OC(O)C=C(C)C)C1CCOc2ccccc21. The van der Waals surface area contributed by atoms with Gasteiger partial charge < -0.3 is 14.6 Å². The molecule has 0 radical (unpaired) electrons. The van der Waals surface area contributed by atoms with E-state index in [1.807, 2.05) is 32.0 Å². The minimum absolute atomic E-state index is 0.304. The van der Waals surface area contributed by atoms with E-state index < -0.39 is 6.29 Å². The third kappa shape index (κ3) is 4.11. The van der Waals surface area contributed by atoms with Crippen LogP contribution in [0.25, 0.3) is 0 Å². The molecule has 2 rings (SSSR count). The van der Waals surface area contributed by atoms with Gasteiger partial charge in [0.1, 0.15) is 5.75 Å². The molecule has 1 N–H and O–H groups in total. The maximum atomic E-state index is 9.79. The van der Waals surface area contributed by atoms with Gasteiger partial charge in [-0.05, 0) is 44.4 Å². The Kier molecular flexibility index (Phi) is 5.45. The smallest absolute Gasteiger partial charge is 0.216 e. The average molecular weight is 288 g/mol. The monoisotopic (exact) mass is 288 g/mol. The third-order valence-electron chi connectivity index (χ3n) is 3.65. The molecule has 0 fully saturated rings. The van der Waals surface area contributed by atoms with Gasteiger partial charge in [0, 0.05) is 11.5 Å². The molecule has 3 nitrogen and oxygen atoms in total. The number of fused-ring (bicyclic) bond motifs is 1. The Labute approximate surface area is 126 Å². The van der Waals surface area contributed by atoms with Crippen molar-refractivity contribution in [3.05, 3.63) is 53.3 Å². The molecule has 0 aromatic heterocycles. The van der Waals surface area contributed by atoms with Crippen molar-refractivity contribution in [2.45, 2.75) is 45.8 Å². The van der Waals surface area contributed by atoms with Gasteiger partial charge in [-0.1, -0.05) is 30.7 Å². The maximum absolute atomic E-state index is 9.79. The lowest BCUT2D eigenvalue weighted by Gasteiger charge is -2.27. The van der Waals surface area contributed by atoms with Gasteiger partial charge in [0.15, 0.2) is 0 Å². The maximum Gasteiger partial charge on any atom is 0.216 e. The third-order valence-corrected chi connectivity index (χ3v) is 3.65. The van der Waals surface area contributed by atoms with E-state index in [2.05, 4.69) is 13.0 Å². The number of allylic oxidation sites excluding steroid dienone is 2. The molecule has 0 bridgehead atoms. The molecule has 0 saturated carbocycles. The normalized spacial score (nSPS) is 19.2. The van der Waals surface area contributed by atoms with Gasteiger partial charge in [-0.2, -0.15) is 0 Å². The second-order valence-electron chi connectivity index (χ2n) is 5.54. The summed E-state index contributed by atoms with van der Waals surface area (Å²) in [4.78, 5) is 0. The Bertz CT molecular complexity index is 527. The molecule has 1 heterocycles. The van der Waals surface area contributed by atoms with Crippen LogP contribution >= 0.6 is 0 Å². The summed E-state index contributed by atoms with van der Waals surface area (Å²) >= 11 is 0. The number of benzene rings is 1. The predicted molar refractivity (Wildman–Crippen MR) is 84.2 cm³/mol. The molecule has 0 saturated heterocycles. The number of rotatable bonds is 5. The number of para-hydroxylation sites is 1. The zero-order valence-corrected chi connectivity index (χ0v) is 13.0. The molecular weight excluding hydrogens is 264 g/mol. The second kappa shape index (κ2) is 7.32. The van der Waals surface area contributed by atoms with Gasteiger partial charge in [0.2, 0.25) is 6.29 Å². The molecule has 1 aliphatic heterocycles. The summed E-state index contributed by atoms with van der Waals surface area (Å²) in [7, 11) is 0. The second-order valence-corrected chi connectivity index (χ2v) is 5.54. The predicted octanol–water partition coefficient (Wildman–Crippen LogP) is 4.15. The highest BCUT2D eigenvalue weighted by Crippen LogP contribution is 2.39. The van der Waals surface area contributed by atoms with Crippen LogP contribution in [0.2, 0.25) is 0 Å². The van der Waals surface area contributed by atoms with Crippen molar-refractivity contribution in [2.75, 3.05) is 6.61 Å². The first-order valence-corrected chi connectivity index (χ1v) is 7.51. The van der Waals surface area contributed by atoms with E-state index in [0.29, 0.717) is 5.92 Å². The van der Waals surface area contributed by atoms with E-state index in [4.69, 9.17) is 9.47 Å². The topological polar surface area (TPSA) is 38.7 Å². The molecule has 0 spiro atoms. The van der Waals surface area contributed by atoms with E-state index >= 15 is 0 Å². The molecule has 1 aliphatic rings. The standard InChI is InChI=1S/C18H24O3/c1-4-14(12-21-18(19)11-13(2)3)15-9-10-20-17-8-6-5-7-16(15)17/h5-8,11-12,15,18-19H,4,9-10H2,1-3H3/b14-12-. The van der Waals surface area contributed by atoms with E-state index in [-0.39, 0.29) is 0 Å². The first kappa shape index (κ1) is 15.6. The quantitative estimate of drug-likeness (QED) is 0.502. The number of aliphatic hydroxyl groups is 1. The molecule has 1 aromatic carbocycles. The Hall–Kier alpha value is -1.74. The van der Waals surface area contributed by atoms with Crippen molar-refractivity contribution in [2.24, 2.45) is 0 Å². The highest BCUT2D eigenvalue weighted by Gasteiger charge is 2.24. The highest BCUT2D eigenvalue weighted by atomic mass is 16.6. The summed E-state index contributed by atoms with van der Waals surface area (Å²) in [5, 5.41) is 9.79. The molecule has 0 aliphatic carbocycles. The average Bonchev–Trinajstić information content (AvgIpc) is 2.47. The van der Waals surface area contributed by atoms with Crippen molar-refractivity contribution in [1.82, 2.24) is 0 Å². The van der Waals surface area contributed by atoms with Gasteiger partial charge in [-0.15, -0.1) is 0 Å². The Morgan fingerprint density at radius 3 is 2.90 bits per heavy atom. The summed E-state index contributed by atoms with van der Waals surface area (Å²) in [6.07, 6.45) is 4.37. The fourth-order valence-corrected chi connectivity index (χ4v) is 2.62. The van der Waals surface area contributed by atoms with Crippen LogP contribution in [0.15, 0.2) is 47.7 Å². The largest absolute Gasteiger partial charge is 0.493 e. The zero-order valence-electron chi connectivity index (χ0n) is 13.0. The molecule has 21 heavy (non-hydrogen) atoms. The Balaban J connectivity index is 2.17. The molecule has 114 valence electrons. The first-order chi connectivity index (χ1) is 10.1. The van der Waals surface area contributed by atoms with Crippen molar-refractivity contribution < 1.29 is 14.6 Å². The Morgan fingerprint density at radius 2 is 2.19 bits per heavy atom. The van der Waals surface area contributed by atoms with Gasteiger partial charge in [-0.3, -0.25) is 0 Å². The first-order valence-electron chi connectivity index (χ1n) is 7.51. The molecular formula is C18H24O3. The van der Waals surface area contributed by atoms with E-state index in [1.54, 1.807) is 12.3 Å². The summed E-state index contributed by atoms with van der Waals surface area (Å²) in [6.45, 7) is 6.70. The lowest BCUT2D eigenvalue weighted by molar-refractivity contribution is -0.0131. The van der Waals surface area contributed by atoms with Gasteiger partial charge in [0.05, 0.1) is 12.9 Å². The van der Waals surface area contributed by atoms with E-state index in [1.165, 1.54) is 11.1 Å². The highest BCUT2D eigenvalue weighted by molar-refractivity contribution is 5.42. The summed E-state index contributed by atoms with van der Waals surface area (Å²) < 4.78 is 11.2. The summed E-state index contributed by atoms with van der Waals surface area (Å²) in [5.74, 6) is 1.26. The van der Waals surface area contributed by atoms with Crippen molar-refractivity contribution in [1.29, 1.82) is 0 Å². The van der Waals surface area contributed by atoms with Crippen molar-refractivity contribution in [3.63, 3.8) is 0 Å². The number of hydrogen-bond acceptors (Lipinski definition) is 3. The minimum atomic E-state index is -0.883. The van der Waals surface area contributed by atoms with Crippen LogP contribution in [0.1, 0.15) is 45.1 Å². The van der Waals surface area contributed by atoms with Crippen LogP contribution < -0.4 is 4.74 Å². The van der Waals surface area contributed by atoms with E-state index in [9.17, 15) is 5.11 Å². The fraction of sp³-hybridized carbons (Fsp3) is 0.444. The van der Waals surface area contributed by atoms with Crippen molar-refractivity contribution >= 4 is 0 Å². The fourth-order valence-electron chi connectivity index (χ4n) is 2.62. The molecule has 2 unspecified atom stereocenters. The molecule has 1 aromatic rings. The lowest BCUT2D eigenvalue weighted by Crippen LogP contribution is -2.16. The number of ether oxygens (including phenoxy) is 2. The van der Waals surface area contributed by atoms with Crippen LogP contribution in [0.5, 0.6) is 5.75 Å². The Morgan fingerprint density at radius 1 is 1.43 bits per heavy atom. The van der Waals surface area contributed by atoms with Crippen LogP contribution in [-0.2, 0) is 4.74 Å². The van der Waals surface area contributed by atoms with Crippen LogP contribution in [0, 0.1) is 0 Å². The van der Waals surface area contributed by atoms with Gasteiger partial charge in [-0.25, -0.2) is 0 Å². The molecule has 3 heteroatoms. The van der Waals surface area contributed by atoms with Gasteiger partial charge >= 0.3 is 0 Å². The summed E-state index contributed by atoms with van der Waals surface area (Å²) in [6, 6.07) is 8.14. The molecule has 2 atom stereocenters. The van der Waals surface area contributed by atoms with Crippen molar-refractivity contribution in [3.8, 4) is 5.75 Å². The van der Waals surface area contributed by atoms with Crippen LogP contribution in [0.3, 0.4) is 0 Å². The van der Waals surface area contributed by atoms with Crippen LogP contribution in [0.4, 0.5) is 0 Å².